The van der Waals surface area contributed by atoms with E-state index < -0.39 is 0 Å². The summed E-state index contributed by atoms with van der Waals surface area (Å²) in [5.74, 6) is -0.224. The van der Waals surface area contributed by atoms with Crippen LogP contribution >= 0.6 is 35.0 Å². The molecule has 0 N–H and O–H groups in total. The number of amides is 3. The van der Waals surface area contributed by atoms with Crippen molar-refractivity contribution in [2.75, 3.05) is 18.8 Å². The largest absolute Gasteiger partial charge is 0.334 e. The van der Waals surface area contributed by atoms with Gasteiger partial charge >= 0.3 is 0 Å². The van der Waals surface area contributed by atoms with E-state index >= 15 is 0 Å². The molecule has 0 saturated carbocycles. The van der Waals surface area contributed by atoms with Crippen LogP contribution in [0.25, 0.3) is 0 Å². The molecule has 21 heavy (non-hydrogen) atoms. The van der Waals surface area contributed by atoms with Crippen LogP contribution < -0.4 is 0 Å². The summed E-state index contributed by atoms with van der Waals surface area (Å²) in [6, 6.07) is 4.46. The van der Waals surface area contributed by atoms with E-state index in [1.54, 1.807) is 17.0 Å². The number of rotatable bonds is 2. The first-order chi connectivity index (χ1) is 9.97. The smallest absolute Gasteiger partial charge is 0.289 e. The van der Waals surface area contributed by atoms with Gasteiger partial charge in [0.2, 0.25) is 5.91 Å². The second-order valence-corrected chi connectivity index (χ2v) is 6.58. The lowest BCUT2D eigenvalue weighted by molar-refractivity contribution is -0.128. The highest BCUT2D eigenvalue weighted by Gasteiger charge is 2.43. The van der Waals surface area contributed by atoms with Crippen LogP contribution in [-0.2, 0) is 4.79 Å². The normalized spacial score (nSPS) is 19.1. The number of thioether (sulfide) groups is 1. The van der Waals surface area contributed by atoms with Gasteiger partial charge in [0, 0.05) is 18.1 Å². The molecule has 110 valence electrons. The van der Waals surface area contributed by atoms with Crippen LogP contribution in [0.15, 0.2) is 18.2 Å². The van der Waals surface area contributed by atoms with Gasteiger partial charge in [-0.15, -0.1) is 0 Å². The number of likely N-dealkylation sites (tertiary alicyclic amines) is 1. The molecule has 0 unspecified atom stereocenters. The lowest BCUT2D eigenvalue weighted by Gasteiger charge is -2.42. The van der Waals surface area contributed by atoms with E-state index in [2.05, 4.69) is 0 Å². The quantitative estimate of drug-likeness (QED) is 0.827. The van der Waals surface area contributed by atoms with Crippen LogP contribution in [-0.4, -0.2) is 51.7 Å². The fourth-order valence-corrected chi connectivity index (χ4v) is 3.60. The first-order valence-electron chi connectivity index (χ1n) is 6.20. The SMILES string of the molecule is O=C(c1ccc(Cl)cc1Cl)N1CC(N2C(=O)CSC2=O)C1. The summed E-state index contributed by atoms with van der Waals surface area (Å²) >= 11 is 12.8. The third-order valence-electron chi connectivity index (χ3n) is 3.46. The molecule has 2 aliphatic heterocycles. The molecule has 0 spiro atoms. The number of nitrogens with zero attached hydrogens (tertiary/aromatic N) is 2. The van der Waals surface area contributed by atoms with Crippen molar-refractivity contribution in [2.24, 2.45) is 0 Å². The summed E-state index contributed by atoms with van der Waals surface area (Å²) < 4.78 is 0. The number of benzene rings is 1. The van der Waals surface area contributed by atoms with Crippen molar-refractivity contribution in [1.82, 2.24) is 9.80 Å². The Morgan fingerprint density at radius 3 is 2.52 bits per heavy atom. The lowest BCUT2D eigenvalue weighted by Crippen LogP contribution is -2.62. The number of carbonyl (C=O) groups excluding carboxylic acids is 3. The maximum absolute atomic E-state index is 12.3. The van der Waals surface area contributed by atoms with Crippen molar-refractivity contribution in [3.05, 3.63) is 33.8 Å². The zero-order valence-corrected chi connectivity index (χ0v) is 13.0. The van der Waals surface area contributed by atoms with Crippen molar-refractivity contribution in [3.8, 4) is 0 Å². The Hall–Kier alpha value is -1.24. The molecular weight excluding hydrogens is 335 g/mol. The Balaban J connectivity index is 1.67. The van der Waals surface area contributed by atoms with Gasteiger partial charge in [-0.25, -0.2) is 0 Å². The van der Waals surface area contributed by atoms with Gasteiger partial charge in [0.25, 0.3) is 11.1 Å². The monoisotopic (exact) mass is 344 g/mol. The van der Waals surface area contributed by atoms with Crippen LogP contribution in [0.5, 0.6) is 0 Å². The summed E-state index contributed by atoms with van der Waals surface area (Å²) in [7, 11) is 0. The van der Waals surface area contributed by atoms with E-state index in [0.29, 0.717) is 28.7 Å². The van der Waals surface area contributed by atoms with Crippen LogP contribution in [0.1, 0.15) is 10.4 Å². The van der Waals surface area contributed by atoms with Crippen molar-refractivity contribution in [2.45, 2.75) is 6.04 Å². The molecule has 0 atom stereocenters. The Morgan fingerprint density at radius 2 is 1.95 bits per heavy atom. The molecular formula is C13H10Cl2N2O3S. The van der Waals surface area contributed by atoms with Gasteiger partial charge in [-0.05, 0) is 18.2 Å². The van der Waals surface area contributed by atoms with E-state index in [0.717, 1.165) is 11.8 Å². The summed E-state index contributed by atoms with van der Waals surface area (Å²) in [6.45, 7) is 0.686. The van der Waals surface area contributed by atoms with Crippen LogP contribution in [0.3, 0.4) is 0 Å². The number of hydrogen-bond acceptors (Lipinski definition) is 4. The highest BCUT2D eigenvalue weighted by Crippen LogP contribution is 2.28. The molecule has 1 aromatic carbocycles. The van der Waals surface area contributed by atoms with Crippen LogP contribution in [0.4, 0.5) is 4.79 Å². The number of halogens is 2. The molecule has 0 aliphatic carbocycles. The molecule has 2 heterocycles. The van der Waals surface area contributed by atoms with Crippen molar-refractivity contribution < 1.29 is 14.4 Å². The topological polar surface area (TPSA) is 57.7 Å². The summed E-state index contributed by atoms with van der Waals surface area (Å²) in [5.41, 5.74) is 0.368. The minimum atomic E-state index is -0.235. The molecule has 0 radical (unpaired) electrons. The van der Waals surface area contributed by atoms with Crippen molar-refractivity contribution >= 4 is 52.0 Å². The van der Waals surface area contributed by atoms with Crippen molar-refractivity contribution in [1.29, 1.82) is 0 Å². The molecule has 0 aromatic heterocycles. The van der Waals surface area contributed by atoms with Crippen molar-refractivity contribution in [3.63, 3.8) is 0 Å². The fourth-order valence-electron chi connectivity index (χ4n) is 2.33. The standard InChI is InChI=1S/C13H10Cl2N2O3S/c14-7-1-2-9(10(15)3-7)12(19)16-4-8(5-16)17-11(18)6-21-13(17)20/h1-3,8H,4-6H2. The molecule has 1 aromatic rings. The third kappa shape index (κ3) is 2.63. The Bertz CT molecular complexity index is 630. The second-order valence-electron chi connectivity index (χ2n) is 4.81. The highest BCUT2D eigenvalue weighted by atomic mass is 35.5. The maximum atomic E-state index is 12.3. The zero-order valence-electron chi connectivity index (χ0n) is 10.7. The predicted molar refractivity (Wildman–Crippen MR) is 80.9 cm³/mol. The Kier molecular flexibility index (Phi) is 3.86. The average Bonchev–Trinajstić information content (AvgIpc) is 2.69. The number of carbonyl (C=O) groups is 3. The van der Waals surface area contributed by atoms with E-state index in [1.165, 1.54) is 11.0 Å². The van der Waals surface area contributed by atoms with Gasteiger partial charge in [0.05, 0.1) is 22.4 Å². The fraction of sp³-hybridized carbons (Fsp3) is 0.308. The molecule has 5 nitrogen and oxygen atoms in total. The Labute approximate surface area is 135 Å². The van der Waals surface area contributed by atoms with Gasteiger partial charge < -0.3 is 4.90 Å². The first-order valence-corrected chi connectivity index (χ1v) is 7.94. The van der Waals surface area contributed by atoms with E-state index in [1.807, 2.05) is 0 Å². The van der Waals surface area contributed by atoms with E-state index in [4.69, 9.17) is 23.2 Å². The van der Waals surface area contributed by atoms with Gasteiger partial charge in [-0.2, -0.15) is 0 Å². The number of imide groups is 1. The lowest BCUT2D eigenvalue weighted by atomic mass is 10.1. The molecule has 2 aliphatic rings. The zero-order chi connectivity index (χ0) is 15.1. The molecule has 8 heteroatoms. The summed E-state index contributed by atoms with van der Waals surface area (Å²) in [5, 5.41) is 0.518. The first kappa shape index (κ1) is 14.7. The third-order valence-corrected chi connectivity index (χ3v) is 4.84. The summed E-state index contributed by atoms with van der Waals surface area (Å²) in [4.78, 5) is 38.3. The van der Waals surface area contributed by atoms with Gasteiger partial charge in [-0.1, -0.05) is 35.0 Å². The molecule has 2 fully saturated rings. The molecule has 0 bridgehead atoms. The predicted octanol–water partition coefficient (Wildman–Crippen LogP) is 2.51. The van der Waals surface area contributed by atoms with E-state index in [-0.39, 0.29) is 28.8 Å². The summed E-state index contributed by atoms with van der Waals surface area (Å²) in [6.07, 6.45) is 0. The molecule has 3 rings (SSSR count). The molecule has 2 saturated heterocycles. The minimum absolute atomic E-state index is 0.187. The van der Waals surface area contributed by atoms with Gasteiger partial charge in [-0.3, -0.25) is 19.3 Å². The van der Waals surface area contributed by atoms with Crippen LogP contribution in [0.2, 0.25) is 10.0 Å². The Morgan fingerprint density at radius 1 is 1.24 bits per heavy atom. The minimum Gasteiger partial charge on any atom is -0.334 e. The highest BCUT2D eigenvalue weighted by molar-refractivity contribution is 8.14. The maximum Gasteiger partial charge on any atom is 0.289 e. The van der Waals surface area contributed by atoms with E-state index in [9.17, 15) is 14.4 Å². The second kappa shape index (κ2) is 5.51. The van der Waals surface area contributed by atoms with Crippen LogP contribution in [0, 0.1) is 0 Å². The van der Waals surface area contributed by atoms with Gasteiger partial charge in [0.1, 0.15) is 0 Å². The van der Waals surface area contributed by atoms with Gasteiger partial charge in [0.15, 0.2) is 0 Å². The number of hydrogen-bond donors (Lipinski definition) is 0. The average molecular weight is 345 g/mol. The molecule has 3 amide bonds.